The number of aryl methyl sites for hydroxylation is 1. The molecule has 0 aliphatic rings. The molecule has 0 aliphatic heterocycles. The molecule has 2 amide bonds. The summed E-state index contributed by atoms with van der Waals surface area (Å²) in [5, 5.41) is 3.27. The van der Waals surface area contributed by atoms with Crippen LogP contribution >= 0.6 is 27.5 Å². The predicted molar refractivity (Wildman–Crippen MR) is 155 cm³/mol. The molecule has 0 aliphatic carbocycles. The molecule has 0 spiro atoms. The molecule has 3 aromatic rings. The fourth-order valence-corrected chi connectivity index (χ4v) is 5.64. The number of hydrogen-bond donors (Lipinski definition) is 1. The highest BCUT2D eigenvalue weighted by molar-refractivity contribution is 9.10. The first-order valence-corrected chi connectivity index (χ1v) is 14.8. The lowest BCUT2D eigenvalue weighted by atomic mass is 10.1. The molecule has 38 heavy (non-hydrogen) atoms. The third kappa shape index (κ3) is 7.36. The maximum Gasteiger partial charge on any atom is 0.264 e. The number of sulfonamides is 1. The molecular weight excluding hydrogens is 590 g/mol. The van der Waals surface area contributed by atoms with E-state index in [1.54, 1.807) is 67.6 Å². The van der Waals surface area contributed by atoms with Crippen molar-refractivity contribution in [3.05, 3.63) is 93.4 Å². The minimum Gasteiger partial charge on any atom is -0.354 e. The van der Waals surface area contributed by atoms with E-state index in [9.17, 15) is 18.0 Å². The Bertz CT molecular complexity index is 1370. The Morgan fingerprint density at radius 2 is 1.63 bits per heavy atom. The second-order valence-corrected chi connectivity index (χ2v) is 12.1. The maximum absolute atomic E-state index is 13.8. The van der Waals surface area contributed by atoms with Gasteiger partial charge in [0.2, 0.25) is 11.8 Å². The Balaban J connectivity index is 2.02. The summed E-state index contributed by atoms with van der Waals surface area (Å²) in [6.07, 6.45) is 0.739. The smallest absolute Gasteiger partial charge is 0.264 e. The topological polar surface area (TPSA) is 86.8 Å². The number of benzene rings is 3. The van der Waals surface area contributed by atoms with Crippen LogP contribution in [-0.4, -0.2) is 44.3 Å². The molecule has 202 valence electrons. The summed E-state index contributed by atoms with van der Waals surface area (Å²) < 4.78 is 29.4. The van der Waals surface area contributed by atoms with E-state index in [4.69, 9.17) is 11.6 Å². The zero-order valence-corrected chi connectivity index (χ0v) is 24.7. The summed E-state index contributed by atoms with van der Waals surface area (Å²) in [6, 6.07) is 19.3. The fraction of sp³-hybridized carbons (Fsp3) is 0.286. The first-order valence-electron chi connectivity index (χ1n) is 12.2. The molecule has 1 unspecified atom stereocenters. The maximum atomic E-state index is 13.8. The van der Waals surface area contributed by atoms with Gasteiger partial charge in [0, 0.05) is 22.6 Å². The van der Waals surface area contributed by atoms with Gasteiger partial charge in [0.25, 0.3) is 10.0 Å². The molecule has 7 nitrogen and oxygen atoms in total. The molecule has 3 rings (SSSR count). The highest BCUT2D eigenvalue weighted by atomic mass is 79.9. The van der Waals surface area contributed by atoms with Crippen molar-refractivity contribution in [2.45, 2.75) is 44.7 Å². The van der Waals surface area contributed by atoms with E-state index < -0.39 is 28.5 Å². The van der Waals surface area contributed by atoms with Gasteiger partial charge in [0.15, 0.2) is 0 Å². The van der Waals surface area contributed by atoms with E-state index in [0.717, 1.165) is 20.8 Å². The van der Waals surface area contributed by atoms with Gasteiger partial charge in [-0.1, -0.05) is 70.3 Å². The van der Waals surface area contributed by atoms with Gasteiger partial charge in [0.05, 0.1) is 10.6 Å². The molecule has 0 fully saturated rings. The van der Waals surface area contributed by atoms with E-state index in [1.807, 2.05) is 13.8 Å². The summed E-state index contributed by atoms with van der Waals surface area (Å²) in [5.74, 6) is -0.869. The Morgan fingerprint density at radius 1 is 1.00 bits per heavy atom. The van der Waals surface area contributed by atoms with Crippen molar-refractivity contribution in [1.82, 2.24) is 10.2 Å². The van der Waals surface area contributed by atoms with Crippen molar-refractivity contribution < 1.29 is 18.0 Å². The van der Waals surface area contributed by atoms with E-state index in [-0.39, 0.29) is 17.3 Å². The number of carbonyl (C=O) groups is 2. The third-order valence-corrected chi connectivity index (χ3v) is 8.70. The lowest BCUT2D eigenvalue weighted by Gasteiger charge is -2.32. The first kappa shape index (κ1) is 29.7. The summed E-state index contributed by atoms with van der Waals surface area (Å²) in [7, 11) is -4.11. The zero-order valence-electron chi connectivity index (χ0n) is 21.5. The van der Waals surface area contributed by atoms with Gasteiger partial charge < -0.3 is 10.2 Å². The number of rotatable bonds is 11. The molecule has 3 aromatic carbocycles. The number of nitrogens with one attached hydrogen (secondary N) is 1. The van der Waals surface area contributed by atoms with Crippen LogP contribution in [0.3, 0.4) is 0 Å². The highest BCUT2D eigenvalue weighted by Gasteiger charge is 2.32. The van der Waals surface area contributed by atoms with Crippen molar-refractivity contribution in [2.75, 3.05) is 17.4 Å². The van der Waals surface area contributed by atoms with Gasteiger partial charge in [-0.05, 0) is 68.3 Å². The first-order chi connectivity index (χ1) is 18.0. The van der Waals surface area contributed by atoms with Crippen LogP contribution in [0.4, 0.5) is 5.69 Å². The molecular formula is C28H31BrClN3O4S. The van der Waals surface area contributed by atoms with Crippen molar-refractivity contribution in [3.8, 4) is 0 Å². The van der Waals surface area contributed by atoms with Gasteiger partial charge in [-0.3, -0.25) is 13.9 Å². The highest BCUT2D eigenvalue weighted by Crippen LogP contribution is 2.27. The molecule has 10 heteroatoms. The number of nitrogens with zero attached hydrogens (tertiary/aromatic N) is 2. The van der Waals surface area contributed by atoms with Crippen LogP contribution in [0.25, 0.3) is 0 Å². The van der Waals surface area contributed by atoms with Crippen molar-refractivity contribution in [1.29, 1.82) is 0 Å². The Hall–Kier alpha value is -2.88. The Morgan fingerprint density at radius 3 is 2.24 bits per heavy atom. The van der Waals surface area contributed by atoms with Crippen molar-refractivity contribution in [2.24, 2.45) is 0 Å². The van der Waals surface area contributed by atoms with Crippen molar-refractivity contribution >= 4 is 55.1 Å². The minimum absolute atomic E-state index is 0.0397. The molecule has 0 bridgehead atoms. The van der Waals surface area contributed by atoms with Crippen LogP contribution in [0, 0.1) is 6.92 Å². The molecule has 0 saturated carbocycles. The largest absolute Gasteiger partial charge is 0.354 e. The van der Waals surface area contributed by atoms with Gasteiger partial charge >= 0.3 is 0 Å². The van der Waals surface area contributed by atoms with E-state index >= 15 is 0 Å². The van der Waals surface area contributed by atoms with Crippen LogP contribution < -0.4 is 9.62 Å². The Kier molecular flexibility index (Phi) is 10.4. The average molecular weight is 621 g/mol. The lowest BCUT2D eigenvalue weighted by molar-refractivity contribution is -0.139. The van der Waals surface area contributed by atoms with Crippen LogP contribution in [0.1, 0.15) is 31.4 Å². The molecule has 0 saturated heterocycles. The molecule has 0 heterocycles. The predicted octanol–water partition coefficient (Wildman–Crippen LogP) is 5.55. The van der Waals surface area contributed by atoms with E-state index in [1.165, 1.54) is 17.0 Å². The second-order valence-electron chi connectivity index (χ2n) is 8.88. The SMILES string of the molecule is CCCNC(=O)C(C)N(Cc1ccccc1Cl)C(=O)CN(c1ccc(Br)cc1)S(=O)(=O)c1ccc(C)cc1. The monoisotopic (exact) mass is 619 g/mol. The van der Waals surface area contributed by atoms with Crippen molar-refractivity contribution in [3.63, 3.8) is 0 Å². The zero-order chi connectivity index (χ0) is 27.9. The number of anilines is 1. The number of carbonyl (C=O) groups excluding carboxylic acids is 2. The average Bonchev–Trinajstić information content (AvgIpc) is 2.90. The molecule has 0 aromatic heterocycles. The van der Waals surface area contributed by atoms with Crippen LogP contribution in [0.15, 0.2) is 82.2 Å². The normalized spacial score (nSPS) is 12.0. The summed E-state index contributed by atoms with van der Waals surface area (Å²) in [6.45, 7) is 5.42. The van der Waals surface area contributed by atoms with Crippen LogP contribution in [0.5, 0.6) is 0 Å². The van der Waals surface area contributed by atoms with Gasteiger partial charge in [-0.15, -0.1) is 0 Å². The molecule has 1 N–H and O–H groups in total. The number of hydrogen-bond acceptors (Lipinski definition) is 4. The summed E-state index contributed by atoms with van der Waals surface area (Å²) >= 11 is 9.74. The number of amides is 2. The van der Waals surface area contributed by atoms with Gasteiger partial charge in [-0.25, -0.2) is 8.42 Å². The number of halogens is 2. The lowest BCUT2D eigenvalue weighted by Crippen LogP contribution is -2.51. The third-order valence-electron chi connectivity index (χ3n) is 6.02. The van der Waals surface area contributed by atoms with E-state index in [2.05, 4.69) is 21.2 Å². The van der Waals surface area contributed by atoms with Crippen LogP contribution in [-0.2, 0) is 26.2 Å². The van der Waals surface area contributed by atoms with Gasteiger partial charge in [-0.2, -0.15) is 0 Å². The summed E-state index contributed by atoms with van der Waals surface area (Å²) in [4.78, 5) is 28.2. The quantitative estimate of drug-likeness (QED) is 0.305. The summed E-state index contributed by atoms with van der Waals surface area (Å²) in [5.41, 5.74) is 1.88. The Labute approximate surface area is 238 Å². The molecule has 0 radical (unpaired) electrons. The van der Waals surface area contributed by atoms with Crippen LogP contribution in [0.2, 0.25) is 5.02 Å². The fourth-order valence-electron chi connectivity index (χ4n) is 3.76. The second kappa shape index (κ2) is 13.3. The standard InChI is InChI=1S/C28H31BrClN3O4S/c1-4-17-31-28(35)21(3)32(18-22-7-5-6-8-26(22)30)27(34)19-33(24-13-11-23(29)12-14-24)38(36,37)25-15-9-20(2)10-16-25/h5-16,21H,4,17-19H2,1-3H3,(H,31,35). The minimum atomic E-state index is -4.11. The van der Waals surface area contributed by atoms with E-state index in [0.29, 0.717) is 22.8 Å². The molecule has 1 atom stereocenters. The van der Waals surface area contributed by atoms with Gasteiger partial charge in [0.1, 0.15) is 12.6 Å².